The van der Waals surface area contributed by atoms with Gasteiger partial charge in [0.15, 0.2) is 0 Å². The number of aliphatic hydroxyl groups excluding tert-OH is 1. The maximum Gasteiger partial charge on any atom is 0.243 e. The van der Waals surface area contributed by atoms with Crippen LogP contribution in [-0.4, -0.2) is 52.2 Å². The maximum atomic E-state index is 13.9. The van der Waals surface area contributed by atoms with Crippen molar-refractivity contribution >= 4 is 11.8 Å². The molecule has 1 aliphatic heterocycles. The van der Waals surface area contributed by atoms with Gasteiger partial charge in [0, 0.05) is 18.5 Å². The molecule has 0 spiro atoms. The van der Waals surface area contributed by atoms with E-state index in [1.165, 1.54) is 23.1 Å². The van der Waals surface area contributed by atoms with Gasteiger partial charge in [-0.2, -0.15) is 0 Å². The van der Waals surface area contributed by atoms with E-state index in [0.717, 1.165) is 0 Å². The van der Waals surface area contributed by atoms with E-state index >= 15 is 0 Å². The second-order valence-corrected chi connectivity index (χ2v) is 8.04. The number of nitrogens with zero attached hydrogens (tertiary/aromatic N) is 1. The number of furan rings is 1. The zero-order valence-electron chi connectivity index (χ0n) is 17.3. The number of likely N-dealkylation sites (tertiary alicyclic amines) is 1. The summed E-state index contributed by atoms with van der Waals surface area (Å²) < 4.78 is 19.3. The number of carbonyl (C=O) groups excluding carboxylic acids is 2. The van der Waals surface area contributed by atoms with E-state index in [2.05, 4.69) is 5.32 Å². The zero-order chi connectivity index (χ0) is 22.1. The summed E-state index contributed by atoms with van der Waals surface area (Å²) in [6.45, 7) is 4.98. The molecule has 162 valence electrons. The van der Waals surface area contributed by atoms with Gasteiger partial charge in [-0.1, -0.05) is 18.2 Å². The van der Waals surface area contributed by atoms with Crippen molar-refractivity contribution in [3.63, 3.8) is 0 Å². The Morgan fingerprint density at radius 1 is 1.33 bits per heavy atom. The molecule has 8 heteroatoms. The Morgan fingerprint density at radius 3 is 2.67 bits per heavy atom. The van der Waals surface area contributed by atoms with Crippen molar-refractivity contribution in [3.05, 3.63) is 58.8 Å². The molecule has 2 aromatic rings. The lowest BCUT2D eigenvalue weighted by Crippen LogP contribution is -2.49. The topological polar surface area (TPSA) is 103 Å². The van der Waals surface area contributed by atoms with Crippen molar-refractivity contribution < 1.29 is 28.6 Å². The van der Waals surface area contributed by atoms with Gasteiger partial charge in [0.2, 0.25) is 11.8 Å². The molecule has 3 unspecified atom stereocenters. The molecule has 1 saturated heterocycles. The summed E-state index contributed by atoms with van der Waals surface area (Å²) >= 11 is 0. The standard InChI is InChI=1S/C22H27FN2O5/c1-13-8-17(14(2)30-13)22(3,29)12-24-21(28)19-10-16(26)11-25(19)20(27)9-15-6-4-5-7-18(15)23/h4-8,16,19,26,29H,9-12H2,1-3H3,(H,24,28). The number of aliphatic hydroxyl groups is 2. The molecule has 0 saturated carbocycles. The highest BCUT2D eigenvalue weighted by atomic mass is 19.1. The van der Waals surface area contributed by atoms with Crippen molar-refractivity contribution in [2.75, 3.05) is 13.1 Å². The van der Waals surface area contributed by atoms with Gasteiger partial charge in [-0.05, 0) is 38.5 Å². The first-order valence-corrected chi connectivity index (χ1v) is 9.87. The Labute approximate surface area is 174 Å². The SMILES string of the molecule is Cc1cc(C(C)(O)CNC(=O)C2CC(O)CN2C(=O)Cc2ccccc2F)c(C)o1. The van der Waals surface area contributed by atoms with Gasteiger partial charge in [-0.15, -0.1) is 0 Å². The third kappa shape index (κ3) is 4.71. The number of halogens is 1. The van der Waals surface area contributed by atoms with Crippen molar-refractivity contribution in [1.82, 2.24) is 10.2 Å². The van der Waals surface area contributed by atoms with Gasteiger partial charge >= 0.3 is 0 Å². The van der Waals surface area contributed by atoms with Crippen molar-refractivity contribution in [2.24, 2.45) is 0 Å². The molecular weight excluding hydrogens is 391 g/mol. The highest BCUT2D eigenvalue weighted by Crippen LogP contribution is 2.27. The van der Waals surface area contributed by atoms with Crippen LogP contribution in [0.25, 0.3) is 0 Å². The van der Waals surface area contributed by atoms with Gasteiger partial charge in [0.05, 0.1) is 19.1 Å². The maximum absolute atomic E-state index is 13.9. The number of aryl methyl sites for hydroxylation is 2. The number of benzene rings is 1. The summed E-state index contributed by atoms with van der Waals surface area (Å²) in [5, 5.41) is 23.5. The van der Waals surface area contributed by atoms with Crippen LogP contribution < -0.4 is 5.32 Å². The van der Waals surface area contributed by atoms with Crippen LogP contribution in [0.2, 0.25) is 0 Å². The number of hydrogen-bond donors (Lipinski definition) is 3. The van der Waals surface area contributed by atoms with Crippen molar-refractivity contribution in [1.29, 1.82) is 0 Å². The Bertz CT molecular complexity index is 939. The second kappa shape index (κ2) is 8.57. The molecule has 1 aromatic carbocycles. The molecular formula is C22H27FN2O5. The molecule has 0 bridgehead atoms. The lowest BCUT2D eigenvalue weighted by molar-refractivity contribution is -0.138. The average Bonchev–Trinajstić information content (AvgIpc) is 3.24. The van der Waals surface area contributed by atoms with Crippen LogP contribution in [0.3, 0.4) is 0 Å². The summed E-state index contributed by atoms with van der Waals surface area (Å²) in [5.74, 6) is -0.201. The number of β-amino-alcohol motifs (C(OH)–C–C–N with tert-alkyl or cyclic N) is 1. The van der Waals surface area contributed by atoms with Crippen LogP contribution in [0.4, 0.5) is 4.39 Å². The smallest absolute Gasteiger partial charge is 0.243 e. The molecule has 7 nitrogen and oxygen atoms in total. The van der Waals surface area contributed by atoms with Crippen LogP contribution in [0.5, 0.6) is 0 Å². The Balaban J connectivity index is 1.67. The van der Waals surface area contributed by atoms with Crippen molar-refractivity contribution in [3.8, 4) is 0 Å². The molecule has 0 radical (unpaired) electrons. The minimum atomic E-state index is -1.36. The molecule has 30 heavy (non-hydrogen) atoms. The first-order chi connectivity index (χ1) is 14.1. The molecule has 3 rings (SSSR count). The summed E-state index contributed by atoms with van der Waals surface area (Å²) in [4.78, 5) is 26.7. The summed E-state index contributed by atoms with van der Waals surface area (Å²) in [6, 6.07) is 6.78. The second-order valence-electron chi connectivity index (χ2n) is 8.04. The average molecular weight is 418 g/mol. The Morgan fingerprint density at radius 2 is 2.03 bits per heavy atom. The van der Waals surface area contributed by atoms with Gasteiger partial charge in [-0.3, -0.25) is 9.59 Å². The highest BCUT2D eigenvalue weighted by Gasteiger charge is 2.39. The molecule has 1 fully saturated rings. The van der Waals surface area contributed by atoms with E-state index in [1.807, 2.05) is 0 Å². The summed E-state index contributed by atoms with van der Waals surface area (Å²) in [7, 11) is 0. The van der Waals surface area contributed by atoms with Crippen LogP contribution in [0, 0.1) is 19.7 Å². The fourth-order valence-corrected chi connectivity index (χ4v) is 3.88. The van der Waals surface area contributed by atoms with E-state index in [0.29, 0.717) is 17.1 Å². The number of amides is 2. The van der Waals surface area contributed by atoms with E-state index in [-0.39, 0.29) is 31.5 Å². The third-order valence-electron chi connectivity index (χ3n) is 5.43. The van der Waals surface area contributed by atoms with E-state index in [1.54, 1.807) is 32.9 Å². The van der Waals surface area contributed by atoms with Crippen LogP contribution in [0.15, 0.2) is 34.7 Å². The number of nitrogens with one attached hydrogen (secondary N) is 1. The summed E-state index contributed by atoms with van der Waals surface area (Å²) in [5.41, 5.74) is -0.562. The molecule has 0 aliphatic carbocycles. The fraction of sp³-hybridized carbons (Fsp3) is 0.455. The highest BCUT2D eigenvalue weighted by molar-refractivity contribution is 5.89. The van der Waals surface area contributed by atoms with Gasteiger partial charge in [0.1, 0.15) is 29.0 Å². The van der Waals surface area contributed by atoms with Crippen LogP contribution in [-0.2, 0) is 21.6 Å². The molecule has 1 aliphatic rings. The molecule has 3 atom stereocenters. The van der Waals surface area contributed by atoms with Gasteiger partial charge < -0.3 is 24.8 Å². The Kier molecular flexibility index (Phi) is 6.28. The van der Waals surface area contributed by atoms with E-state index in [9.17, 15) is 24.2 Å². The van der Waals surface area contributed by atoms with E-state index in [4.69, 9.17) is 4.42 Å². The van der Waals surface area contributed by atoms with Gasteiger partial charge in [0.25, 0.3) is 0 Å². The first kappa shape index (κ1) is 22.0. The first-order valence-electron chi connectivity index (χ1n) is 9.87. The molecule has 2 amide bonds. The molecule has 3 N–H and O–H groups in total. The zero-order valence-corrected chi connectivity index (χ0v) is 17.3. The predicted octanol–water partition coefficient (Wildman–Crippen LogP) is 1.56. The number of rotatable bonds is 6. The van der Waals surface area contributed by atoms with Crippen LogP contribution in [0.1, 0.15) is 36.0 Å². The number of hydrogen-bond acceptors (Lipinski definition) is 5. The van der Waals surface area contributed by atoms with E-state index < -0.39 is 35.4 Å². The normalized spacial score (nSPS) is 20.8. The van der Waals surface area contributed by atoms with Crippen molar-refractivity contribution in [2.45, 2.75) is 51.4 Å². The monoisotopic (exact) mass is 418 g/mol. The lowest BCUT2D eigenvalue weighted by Gasteiger charge is -2.27. The largest absolute Gasteiger partial charge is 0.466 e. The van der Waals surface area contributed by atoms with Crippen LogP contribution >= 0.6 is 0 Å². The third-order valence-corrected chi connectivity index (χ3v) is 5.43. The Hall–Kier alpha value is -2.71. The predicted molar refractivity (Wildman–Crippen MR) is 107 cm³/mol. The minimum Gasteiger partial charge on any atom is -0.466 e. The molecule has 2 heterocycles. The molecule has 1 aromatic heterocycles. The van der Waals surface area contributed by atoms with Gasteiger partial charge in [-0.25, -0.2) is 4.39 Å². The summed E-state index contributed by atoms with van der Waals surface area (Å²) in [6.07, 6.45) is -0.959. The fourth-order valence-electron chi connectivity index (χ4n) is 3.88. The lowest BCUT2D eigenvalue weighted by atomic mass is 9.96. The number of carbonyl (C=O) groups is 2. The quantitative estimate of drug-likeness (QED) is 0.661. The minimum absolute atomic E-state index is 0.00178.